The fourth-order valence-electron chi connectivity index (χ4n) is 3.56. The molecule has 0 radical (unpaired) electrons. The number of anilines is 1. The topological polar surface area (TPSA) is 88.1 Å². The second-order valence-corrected chi connectivity index (χ2v) is 10.7. The van der Waals surface area contributed by atoms with Crippen molar-refractivity contribution in [3.8, 4) is 16.9 Å². The van der Waals surface area contributed by atoms with Crippen molar-refractivity contribution in [2.24, 2.45) is 0 Å². The number of methoxy groups -OCH3 is 1. The fourth-order valence-corrected chi connectivity index (χ4v) is 3.56. The van der Waals surface area contributed by atoms with Gasteiger partial charge in [0.15, 0.2) is 0 Å². The van der Waals surface area contributed by atoms with Crippen molar-refractivity contribution in [1.82, 2.24) is 5.32 Å². The summed E-state index contributed by atoms with van der Waals surface area (Å²) >= 11 is 0. The van der Waals surface area contributed by atoms with Crippen LogP contribution in [0, 0.1) is 0 Å². The summed E-state index contributed by atoms with van der Waals surface area (Å²) < 4.78 is 10.2. The number of ether oxygens (including phenoxy) is 2. The highest BCUT2D eigenvalue weighted by Crippen LogP contribution is 2.40. The number of nitrogens with zero attached hydrogens (tertiary/aromatic N) is 1. The van der Waals surface area contributed by atoms with E-state index in [1.165, 1.54) is 7.11 Å². The van der Waals surface area contributed by atoms with Gasteiger partial charge in [-0.1, -0.05) is 39.0 Å². The first-order valence-corrected chi connectivity index (χ1v) is 11.3. The van der Waals surface area contributed by atoms with Crippen molar-refractivity contribution >= 4 is 17.7 Å². The third-order valence-electron chi connectivity index (χ3n) is 5.29. The molecule has 1 atom stereocenters. The lowest BCUT2D eigenvalue weighted by Crippen LogP contribution is -2.45. The van der Waals surface area contributed by atoms with Gasteiger partial charge in [0.25, 0.3) is 0 Å². The number of carbonyl (C=O) groups is 2. The Hall–Kier alpha value is -3.22. The summed E-state index contributed by atoms with van der Waals surface area (Å²) in [5.74, 6) is -0.378. The molecule has 0 heterocycles. The number of phenolic OH excluding ortho intramolecular Hbond substituents is 1. The summed E-state index contributed by atoms with van der Waals surface area (Å²) in [6.07, 6.45) is -0.518. The maximum atomic E-state index is 12.5. The Labute approximate surface area is 203 Å². The molecule has 0 spiro atoms. The molecular formula is C27H38N2O5. The Morgan fingerprint density at radius 1 is 1.03 bits per heavy atom. The Balaban J connectivity index is 2.51. The second kappa shape index (κ2) is 10.4. The van der Waals surface area contributed by atoms with Gasteiger partial charge in [-0.2, -0.15) is 0 Å². The van der Waals surface area contributed by atoms with E-state index in [1.807, 2.05) is 76.2 Å². The van der Waals surface area contributed by atoms with Crippen molar-refractivity contribution in [3.63, 3.8) is 0 Å². The highest BCUT2D eigenvalue weighted by Gasteiger charge is 2.28. The van der Waals surface area contributed by atoms with Crippen molar-refractivity contribution < 1.29 is 24.2 Å². The number of amides is 1. The number of carbonyl (C=O) groups excluding carboxylic acids is 2. The van der Waals surface area contributed by atoms with Crippen molar-refractivity contribution in [2.75, 3.05) is 26.1 Å². The lowest BCUT2D eigenvalue weighted by molar-refractivity contribution is -0.143. The van der Waals surface area contributed by atoms with Gasteiger partial charge in [-0.25, -0.2) is 9.59 Å². The summed E-state index contributed by atoms with van der Waals surface area (Å²) in [5.41, 5.74) is 3.03. The fraction of sp³-hybridized carbons (Fsp3) is 0.481. The van der Waals surface area contributed by atoms with E-state index >= 15 is 0 Å². The number of phenols is 1. The first kappa shape index (κ1) is 27.0. The standard InChI is InChI=1S/C27H38N2O5/c1-26(2,3)21-15-17(16-22(24(31)33-9)28-25(32)34-27(4,5)6)14-20(23(21)30)18-10-12-19(13-11-18)29(7)8/h10-15,22,30H,16H2,1-9H3,(H,28,32). The number of rotatable bonds is 6. The molecule has 0 aromatic heterocycles. The van der Waals surface area contributed by atoms with Crippen molar-refractivity contribution in [3.05, 3.63) is 47.5 Å². The number of nitrogens with one attached hydrogen (secondary N) is 1. The molecule has 1 amide bonds. The van der Waals surface area contributed by atoms with Crippen LogP contribution in [0.4, 0.5) is 10.5 Å². The summed E-state index contributed by atoms with van der Waals surface area (Å²) in [4.78, 5) is 26.8. The molecule has 0 saturated carbocycles. The molecule has 0 saturated heterocycles. The van der Waals surface area contributed by atoms with Crippen LogP contribution < -0.4 is 10.2 Å². The Morgan fingerprint density at radius 3 is 2.09 bits per heavy atom. The lowest BCUT2D eigenvalue weighted by Gasteiger charge is -2.25. The van der Waals surface area contributed by atoms with Crippen LogP contribution in [0.1, 0.15) is 52.7 Å². The first-order valence-electron chi connectivity index (χ1n) is 11.3. The molecule has 0 aliphatic heterocycles. The zero-order valence-corrected chi connectivity index (χ0v) is 21.8. The van der Waals surface area contributed by atoms with Gasteiger partial charge >= 0.3 is 12.1 Å². The summed E-state index contributed by atoms with van der Waals surface area (Å²) in [7, 11) is 5.21. The van der Waals surface area contributed by atoms with E-state index in [-0.39, 0.29) is 17.6 Å². The van der Waals surface area contributed by atoms with Crippen LogP contribution in [0.15, 0.2) is 36.4 Å². The summed E-state index contributed by atoms with van der Waals surface area (Å²) in [6, 6.07) is 10.7. The first-order chi connectivity index (χ1) is 15.6. The largest absolute Gasteiger partial charge is 0.507 e. The smallest absolute Gasteiger partial charge is 0.408 e. The van der Waals surface area contributed by atoms with Gasteiger partial charge < -0.3 is 24.8 Å². The van der Waals surface area contributed by atoms with Gasteiger partial charge in [0, 0.05) is 37.3 Å². The molecule has 0 aliphatic rings. The Bertz CT molecular complexity index is 1020. The maximum absolute atomic E-state index is 12.5. The molecule has 34 heavy (non-hydrogen) atoms. The van der Waals surface area contributed by atoms with Crippen LogP contribution in [0.5, 0.6) is 5.75 Å². The molecule has 7 nitrogen and oxygen atoms in total. The molecular weight excluding hydrogens is 432 g/mol. The minimum absolute atomic E-state index is 0.179. The number of hydrogen-bond acceptors (Lipinski definition) is 6. The van der Waals surface area contributed by atoms with E-state index in [9.17, 15) is 14.7 Å². The number of esters is 1. The highest BCUT2D eigenvalue weighted by atomic mass is 16.6. The molecule has 0 aliphatic carbocycles. The van der Waals surface area contributed by atoms with Crippen LogP contribution in [0.25, 0.3) is 11.1 Å². The number of benzene rings is 2. The molecule has 2 aromatic rings. The van der Waals surface area contributed by atoms with Gasteiger partial charge in [-0.3, -0.25) is 0 Å². The molecule has 7 heteroatoms. The molecule has 2 aromatic carbocycles. The number of aromatic hydroxyl groups is 1. The minimum Gasteiger partial charge on any atom is -0.507 e. The Kier molecular flexibility index (Phi) is 8.24. The van der Waals surface area contributed by atoms with Crippen LogP contribution in [-0.2, 0) is 26.1 Å². The van der Waals surface area contributed by atoms with E-state index in [2.05, 4.69) is 5.32 Å². The average molecular weight is 471 g/mol. The predicted molar refractivity (Wildman–Crippen MR) is 135 cm³/mol. The van der Waals surface area contributed by atoms with Crippen LogP contribution in [0.2, 0.25) is 0 Å². The molecule has 186 valence electrons. The lowest BCUT2D eigenvalue weighted by atomic mass is 9.82. The zero-order chi connectivity index (χ0) is 25.8. The normalized spacial score (nSPS) is 12.6. The molecule has 1 unspecified atom stereocenters. The van der Waals surface area contributed by atoms with Gasteiger partial charge in [0.05, 0.1) is 7.11 Å². The third kappa shape index (κ3) is 7.14. The Morgan fingerprint density at radius 2 is 1.62 bits per heavy atom. The summed E-state index contributed by atoms with van der Waals surface area (Å²) in [6.45, 7) is 11.3. The van der Waals surface area contributed by atoms with E-state index < -0.39 is 23.7 Å². The van der Waals surface area contributed by atoms with E-state index in [1.54, 1.807) is 20.8 Å². The average Bonchev–Trinajstić information content (AvgIpc) is 2.71. The second-order valence-electron chi connectivity index (χ2n) is 10.7. The van der Waals surface area contributed by atoms with E-state index in [0.717, 1.165) is 22.4 Å². The molecule has 0 fully saturated rings. The monoisotopic (exact) mass is 470 g/mol. The number of alkyl carbamates (subject to hydrolysis) is 1. The molecule has 0 bridgehead atoms. The number of hydrogen-bond donors (Lipinski definition) is 2. The quantitative estimate of drug-likeness (QED) is 0.576. The zero-order valence-electron chi connectivity index (χ0n) is 21.8. The third-order valence-corrected chi connectivity index (χ3v) is 5.29. The van der Waals surface area contributed by atoms with Crippen molar-refractivity contribution in [2.45, 2.75) is 65.0 Å². The van der Waals surface area contributed by atoms with Crippen LogP contribution in [-0.4, -0.2) is 50.0 Å². The van der Waals surface area contributed by atoms with Crippen molar-refractivity contribution in [1.29, 1.82) is 0 Å². The van der Waals surface area contributed by atoms with E-state index in [4.69, 9.17) is 9.47 Å². The molecule has 2 N–H and O–H groups in total. The van der Waals surface area contributed by atoms with Gasteiger partial charge in [-0.05, 0) is 55.5 Å². The summed E-state index contributed by atoms with van der Waals surface area (Å²) in [5, 5.41) is 13.8. The van der Waals surface area contributed by atoms with Gasteiger partial charge in [-0.15, -0.1) is 0 Å². The van der Waals surface area contributed by atoms with E-state index in [0.29, 0.717) is 5.56 Å². The van der Waals surface area contributed by atoms with Gasteiger partial charge in [0.2, 0.25) is 0 Å². The highest BCUT2D eigenvalue weighted by molar-refractivity contribution is 5.82. The predicted octanol–water partition coefficient (Wildman–Crippen LogP) is 5.03. The maximum Gasteiger partial charge on any atom is 0.408 e. The van der Waals surface area contributed by atoms with Crippen LogP contribution in [0.3, 0.4) is 0 Å². The minimum atomic E-state index is -0.943. The van der Waals surface area contributed by atoms with Crippen LogP contribution >= 0.6 is 0 Å². The molecule has 2 rings (SSSR count). The van der Waals surface area contributed by atoms with Gasteiger partial charge in [0.1, 0.15) is 17.4 Å². The SMILES string of the molecule is COC(=O)C(Cc1cc(-c2ccc(N(C)C)cc2)c(O)c(C(C)(C)C)c1)NC(=O)OC(C)(C)C.